The standard InChI is InChI=1S/C16H17FN2/c17-14-7-2-1-5-12(14)11-13-6-3-8-16(19-13)15-9-4-10-18-15/h1-3,5-8,15,18H,4,9-11H2/t15-/m0/s1. The lowest BCUT2D eigenvalue weighted by molar-refractivity contribution is 0.609. The largest absolute Gasteiger partial charge is 0.309 e. The fraction of sp³-hybridized carbons (Fsp3) is 0.312. The summed E-state index contributed by atoms with van der Waals surface area (Å²) in [5.74, 6) is -0.159. The maximum atomic E-state index is 13.6. The van der Waals surface area contributed by atoms with Gasteiger partial charge in [-0.1, -0.05) is 24.3 Å². The van der Waals surface area contributed by atoms with Crippen LogP contribution in [0.2, 0.25) is 0 Å². The second kappa shape index (κ2) is 5.49. The molecule has 2 heterocycles. The second-order valence-corrected chi connectivity index (χ2v) is 4.97. The molecule has 0 radical (unpaired) electrons. The maximum Gasteiger partial charge on any atom is 0.126 e. The third-order valence-corrected chi connectivity index (χ3v) is 3.58. The number of hydrogen-bond acceptors (Lipinski definition) is 2. The predicted molar refractivity (Wildman–Crippen MR) is 73.4 cm³/mol. The lowest BCUT2D eigenvalue weighted by atomic mass is 10.1. The highest BCUT2D eigenvalue weighted by molar-refractivity contribution is 5.25. The van der Waals surface area contributed by atoms with Crippen molar-refractivity contribution in [2.45, 2.75) is 25.3 Å². The number of aromatic nitrogens is 1. The van der Waals surface area contributed by atoms with E-state index in [1.54, 1.807) is 6.07 Å². The van der Waals surface area contributed by atoms with E-state index in [0.717, 1.165) is 24.4 Å². The van der Waals surface area contributed by atoms with Gasteiger partial charge < -0.3 is 5.32 Å². The average Bonchev–Trinajstić information content (AvgIpc) is 2.96. The van der Waals surface area contributed by atoms with E-state index in [2.05, 4.69) is 10.3 Å². The zero-order valence-electron chi connectivity index (χ0n) is 10.8. The summed E-state index contributed by atoms with van der Waals surface area (Å²) in [4.78, 5) is 4.66. The Labute approximate surface area is 112 Å². The molecule has 1 atom stereocenters. The van der Waals surface area contributed by atoms with Crippen LogP contribution in [0.5, 0.6) is 0 Å². The molecule has 0 unspecified atom stereocenters. The first kappa shape index (κ1) is 12.3. The first-order valence-electron chi connectivity index (χ1n) is 6.75. The Bertz CT molecular complexity index is 562. The third kappa shape index (κ3) is 2.82. The number of hydrogen-bond donors (Lipinski definition) is 1. The van der Waals surface area contributed by atoms with Crippen molar-refractivity contribution in [1.29, 1.82) is 0 Å². The molecule has 3 heteroatoms. The van der Waals surface area contributed by atoms with Crippen LogP contribution in [0.3, 0.4) is 0 Å². The molecule has 0 bridgehead atoms. The zero-order valence-corrected chi connectivity index (χ0v) is 10.8. The van der Waals surface area contributed by atoms with Gasteiger partial charge in [0.25, 0.3) is 0 Å². The van der Waals surface area contributed by atoms with Crippen molar-refractivity contribution in [2.24, 2.45) is 0 Å². The minimum Gasteiger partial charge on any atom is -0.309 e. The van der Waals surface area contributed by atoms with E-state index in [1.807, 2.05) is 30.3 Å². The van der Waals surface area contributed by atoms with Gasteiger partial charge in [-0.25, -0.2) is 4.39 Å². The van der Waals surface area contributed by atoms with Gasteiger partial charge in [-0.3, -0.25) is 4.98 Å². The van der Waals surface area contributed by atoms with Crippen LogP contribution in [-0.2, 0) is 6.42 Å². The fourth-order valence-electron chi connectivity index (χ4n) is 2.56. The smallest absolute Gasteiger partial charge is 0.126 e. The Morgan fingerprint density at radius 1 is 1.16 bits per heavy atom. The summed E-state index contributed by atoms with van der Waals surface area (Å²) in [6.07, 6.45) is 2.88. The Kier molecular flexibility index (Phi) is 3.56. The minimum absolute atomic E-state index is 0.159. The molecule has 98 valence electrons. The second-order valence-electron chi connectivity index (χ2n) is 4.97. The van der Waals surface area contributed by atoms with Crippen LogP contribution in [0.1, 0.15) is 35.8 Å². The van der Waals surface area contributed by atoms with E-state index in [4.69, 9.17) is 0 Å². The number of rotatable bonds is 3. The Balaban J connectivity index is 1.81. The van der Waals surface area contributed by atoms with Crippen LogP contribution in [0.4, 0.5) is 4.39 Å². The monoisotopic (exact) mass is 256 g/mol. The van der Waals surface area contributed by atoms with Gasteiger partial charge in [0, 0.05) is 18.2 Å². The van der Waals surface area contributed by atoms with Crippen molar-refractivity contribution in [3.8, 4) is 0 Å². The SMILES string of the molecule is Fc1ccccc1Cc1cccc([C@@H]2CCCN2)n1. The Hall–Kier alpha value is -1.74. The number of halogens is 1. The summed E-state index contributed by atoms with van der Waals surface area (Å²) in [5, 5.41) is 3.44. The molecule has 2 nitrogen and oxygen atoms in total. The molecular formula is C16H17FN2. The van der Waals surface area contributed by atoms with Gasteiger partial charge in [0.2, 0.25) is 0 Å². The van der Waals surface area contributed by atoms with Gasteiger partial charge >= 0.3 is 0 Å². The summed E-state index contributed by atoms with van der Waals surface area (Å²) in [5.41, 5.74) is 2.70. The fourth-order valence-corrected chi connectivity index (χ4v) is 2.56. The first-order valence-corrected chi connectivity index (χ1v) is 6.75. The first-order chi connectivity index (χ1) is 9.33. The number of pyridine rings is 1. The molecule has 1 fully saturated rings. The van der Waals surface area contributed by atoms with E-state index >= 15 is 0 Å². The third-order valence-electron chi connectivity index (χ3n) is 3.58. The molecule has 1 aliphatic heterocycles. The number of nitrogens with zero attached hydrogens (tertiary/aromatic N) is 1. The summed E-state index contributed by atoms with van der Waals surface area (Å²) < 4.78 is 13.6. The topological polar surface area (TPSA) is 24.9 Å². The summed E-state index contributed by atoms with van der Waals surface area (Å²) in [6, 6.07) is 13.3. The molecular weight excluding hydrogens is 239 g/mol. The Morgan fingerprint density at radius 2 is 2.05 bits per heavy atom. The molecule has 3 rings (SSSR count). The highest BCUT2D eigenvalue weighted by Crippen LogP contribution is 2.22. The van der Waals surface area contributed by atoms with E-state index in [0.29, 0.717) is 18.0 Å². The van der Waals surface area contributed by atoms with Crippen molar-refractivity contribution < 1.29 is 4.39 Å². The van der Waals surface area contributed by atoms with Crippen LogP contribution < -0.4 is 5.32 Å². The van der Waals surface area contributed by atoms with Gasteiger partial charge in [-0.05, 0) is 43.1 Å². The average molecular weight is 256 g/mol. The minimum atomic E-state index is -0.159. The van der Waals surface area contributed by atoms with Gasteiger partial charge in [-0.15, -0.1) is 0 Å². The normalized spacial score (nSPS) is 18.7. The van der Waals surface area contributed by atoms with Crippen LogP contribution in [-0.4, -0.2) is 11.5 Å². The highest BCUT2D eigenvalue weighted by atomic mass is 19.1. The lowest BCUT2D eigenvalue weighted by Crippen LogP contribution is -2.14. The summed E-state index contributed by atoms with van der Waals surface area (Å²) in [6.45, 7) is 1.06. The zero-order chi connectivity index (χ0) is 13.1. The van der Waals surface area contributed by atoms with Crippen LogP contribution >= 0.6 is 0 Å². The number of nitrogens with one attached hydrogen (secondary N) is 1. The Morgan fingerprint density at radius 3 is 2.84 bits per heavy atom. The van der Waals surface area contributed by atoms with Crippen molar-refractivity contribution in [3.05, 3.63) is 65.2 Å². The quantitative estimate of drug-likeness (QED) is 0.912. The van der Waals surface area contributed by atoms with Gasteiger partial charge in [-0.2, -0.15) is 0 Å². The molecule has 2 aromatic rings. The van der Waals surface area contributed by atoms with E-state index in [1.165, 1.54) is 12.5 Å². The van der Waals surface area contributed by atoms with E-state index in [9.17, 15) is 4.39 Å². The molecule has 0 aliphatic carbocycles. The van der Waals surface area contributed by atoms with Crippen molar-refractivity contribution >= 4 is 0 Å². The van der Waals surface area contributed by atoms with E-state index < -0.39 is 0 Å². The van der Waals surface area contributed by atoms with Crippen LogP contribution in [0.15, 0.2) is 42.5 Å². The summed E-state index contributed by atoms with van der Waals surface area (Å²) >= 11 is 0. The van der Waals surface area contributed by atoms with Gasteiger partial charge in [0.1, 0.15) is 5.82 Å². The molecule has 1 N–H and O–H groups in total. The molecule has 1 saturated heterocycles. The molecule has 1 aliphatic rings. The molecule has 0 amide bonds. The van der Waals surface area contributed by atoms with Crippen molar-refractivity contribution in [3.63, 3.8) is 0 Å². The van der Waals surface area contributed by atoms with Crippen LogP contribution in [0, 0.1) is 5.82 Å². The maximum absolute atomic E-state index is 13.6. The molecule has 19 heavy (non-hydrogen) atoms. The number of benzene rings is 1. The van der Waals surface area contributed by atoms with E-state index in [-0.39, 0.29) is 5.82 Å². The predicted octanol–water partition coefficient (Wildman–Crippen LogP) is 3.24. The lowest BCUT2D eigenvalue weighted by Gasteiger charge is -2.11. The molecule has 0 spiro atoms. The molecule has 1 aromatic heterocycles. The van der Waals surface area contributed by atoms with Crippen molar-refractivity contribution in [2.75, 3.05) is 6.54 Å². The van der Waals surface area contributed by atoms with Crippen LogP contribution in [0.25, 0.3) is 0 Å². The molecule has 1 aromatic carbocycles. The van der Waals surface area contributed by atoms with Crippen molar-refractivity contribution in [1.82, 2.24) is 10.3 Å². The van der Waals surface area contributed by atoms with Gasteiger partial charge in [0.15, 0.2) is 0 Å². The summed E-state index contributed by atoms with van der Waals surface area (Å²) in [7, 11) is 0. The van der Waals surface area contributed by atoms with Gasteiger partial charge in [0.05, 0.1) is 5.69 Å². The molecule has 0 saturated carbocycles. The highest BCUT2D eigenvalue weighted by Gasteiger charge is 2.17.